The van der Waals surface area contributed by atoms with Crippen molar-refractivity contribution in [2.45, 2.75) is 25.8 Å². The van der Waals surface area contributed by atoms with Gasteiger partial charge in [0.05, 0.1) is 7.11 Å². The third-order valence-electron chi connectivity index (χ3n) is 4.02. The molecule has 116 valence electrons. The van der Waals surface area contributed by atoms with Crippen molar-refractivity contribution in [2.75, 3.05) is 27.2 Å². The first-order valence-corrected chi connectivity index (χ1v) is 7.40. The van der Waals surface area contributed by atoms with E-state index < -0.39 is 0 Å². The third-order valence-corrected chi connectivity index (χ3v) is 4.02. The van der Waals surface area contributed by atoms with Crippen molar-refractivity contribution < 1.29 is 14.6 Å². The monoisotopic (exact) mass is 292 g/mol. The maximum absolute atomic E-state index is 12.2. The van der Waals surface area contributed by atoms with E-state index in [1.165, 1.54) is 13.5 Å². The van der Waals surface area contributed by atoms with Crippen LogP contribution in [0.3, 0.4) is 0 Å². The van der Waals surface area contributed by atoms with Gasteiger partial charge in [0, 0.05) is 20.0 Å². The van der Waals surface area contributed by atoms with Gasteiger partial charge in [-0.3, -0.25) is 4.79 Å². The number of aromatic hydroxyl groups is 1. The van der Waals surface area contributed by atoms with Gasteiger partial charge in [0.1, 0.15) is 0 Å². The summed E-state index contributed by atoms with van der Waals surface area (Å²) in [6.07, 6.45) is 2.72. The van der Waals surface area contributed by atoms with E-state index in [4.69, 9.17) is 4.74 Å². The average molecular weight is 292 g/mol. The first-order valence-electron chi connectivity index (χ1n) is 7.40. The summed E-state index contributed by atoms with van der Waals surface area (Å²) in [6, 6.07) is 5.17. The van der Waals surface area contributed by atoms with Gasteiger partial charge in [0.15, 0.2) is 11.5 Å². The summed E-state index contributed by atoms with van der Waals surface area (Å²) < 4.78 is 5.08. The molecule has 1 atom stereocenters. The van der Waals surface area contributed by atoms with E-state index in [1.807, 2.05) is 13.1 Å². The number of methoxy groups -OCH3 is 1. The highest BCUT2D eigenvalue weighted by Crippen LogP contribution is 2.26. The highest BCUT2D eigenvalue weighted by atomic mass is 16.5. The number of carbonyl (C=O) groups excluding carboxylic acids is 1. The van der Waals surface area contributed by atoms with Gasteiger partial charge >= 0.3 is 0 Å². The van der Waals surface area contributed by atoms with E-state index in [2.05, 4.69) is 5.32 Å². The SMILES string of the molecule is COc1cc(CN(C)C(=O)CCC2CCNC2)ccc1O. The number of nitrogens with one attached hydrogen (secondary N) is 1. The summed E-state index contributed by atoms with van der Waals surface area (Å²) in [6.45, 7) is 2.63. The lowest BCUT2D eigenvalue weighted by Crippen LogP contribution is -2.26. The Labute approximate surface area is 125 Å². The fourth-order valence-electron chi connectivity index (χ4n) is 2.66. The van der Waals surface area contributed by atoms with Crippen molar-refractivity contribution in [2.24, 2.45) is 5.92 Å². The molecule has 0 aromatic heterocycles. The van der Waals surface area contributed by atoms with Gasteiger partial charge in [-0.1, -0.05) is 6.07 Å². The Morgan fingerprint density at radius 2 is 2.33 bits per heavy atom. The maximum atomic E-state index is 12.2. The standard InChI is InChI=1S/C16H24N2O3/c1-18(16(20)6-4-12-7-8-17-10-12)11-13-3-5-14(19)15(9-13)21-2/h3,5,9,12,17,19H,4,6-8,10-11H2,1-2H3. The minimum absolute atomic E-state index is 0.115. The molecule has 2 rings (SSSR count). The van der Waals surface area contributed by atoms with Gasteiger partial charge in [-0.05, 0) is 49.5 Å². The summed E-state index contributed by atoms with van der Waals surface area (Å²) in [7, 11) is 3.33. The highest BCUT2D eigenvalue weighted by Gasteiger charge is 2.17. The van der Waals surface area contributed by atoms with E-state index >= 15 is 0 Å². The van der Waals surface area contributed by atoms with Crippen LogP contribution in [0.5, 0.6) is 11.5 Å². The smallest absolute Gasteiger partial charge is 0.222 e. The van der Waals surface area contributed by atoms with Crippen molar-refractivity contribution >= 4 is 5.91 Å². The number of amides is 1. The lowest BCUT2D eigenvalue weighted by molar-refractivity contribution is -0.130. The molecule has 0 aliphatic carbocycles. The van der Waals surface area contributed by atoms with E-state index in [9.17, 15) is 9.90 Å². The molecule has 5 heteroatoms. The molecule has 1 aromatic rings. The summed E-state index contributed by atoms with van der Waals surface area (Å²) in [5.74, 6) is 1.35. The van der Waals surface area contributed by atoms with Crippen molar-refractivity contribution in [1.82, 2.24) is 10.2 Å². The number of hydrogen-bond acceptors (Lipinski definition) is 4. The molecule has 1 aliphatic rings. The minimum Gasteiger partial charge on any atom is -0.504 e. The molecular weight excluding hydrogens is 268 g/mol. The molecule has 0 saturated carbocycles. The number of hydrogen-bond donors (Lipinski definition) is 2. The Morgan fingerprint density at radius 1 is 1.52 bits per heavy atom. The molecule has 0 spiro atoms. The molecule has 1 fully saturated rings. The molecule has 1 aromatic carbocycles. The number of nitrogens with zero attached hydrogens (tertiary/aromatic N) is 1. The van der Waals surface area contributed by atoms with Gasteiger partial charge in [0.25, 0.3) is 0 Å². The van der Waals surface area contributed by atoms with Crippen molar-refractivity contribution in [3.8, 4) is 11.5 Å². The Balaban J connectivity index is 1.84. The Hall–Kier alpha value is -1.75. The first kappa shape index (κ1) is 15.6. The second-order valence-electron chi connectivity index (χ2n) is 5.65. The van der Waals surface area contributed by atoms with Crippen molar-refractivity contribution in [3.05, 3.63) is 23.8 Å². The summed E-state index contributed by atoms with van der Waals surface area (Å²) in [5, 5.41) is 12.9. The van der Waals surface area contributed by atoms with Crippen LogP contribution in [-0.2, 0) is 11.3 Å². The lowest BCUT2D eigenvalue weighted by Gasteiger charge is -2.19. The molecular formula is C16H24N2O3. The zero-order valence-electron chi connectivity index (χ0n) is 12.8. The summed E-state index contributed by atoms with van der Waals surface area (Å²) in [5.41, 5.74) is 0.947. The van der Waals surface area contributed by atoms with E-state index in [0.29, 0.717) is 24.6 Å². The van der Waals surface area contributed by atoms with Crippen LogP contribution in [0.4, 0.5) is 0 Å². The Kier molecular flexibility index (Phi) is 5.44. The van der Waals surface area contributed by atoms with Crippen molar-refractivity contribution in [1.29, 1.82) is 0 Å². The van der Waals surface area contributed by atoms with E-state index in [0.717, 1.165) is 25.1 Å². The number of carbonyl (C=O) groups is 1. The molecule has 1 saturated heterocycles. The molecule has 2 N–H and O–H groups in total. The number of phenolic OH excluding ortho intramolecular Hbond substituents is 1. The summed E-state index contributed by atoms with van der Waals surface area (Å²) >= 11 is 0. The maximum Gasteiger partial charge on any atom is 0.222 e. The topological polar surface area (TPSA) is 61.8 Å². The molecule has 0 radical (unpaired) electrons. The van der Waals surface area contributed by atoms with Crippen LogP contribution in [0.1, 0.15) is 24.8 Å². The Morgan fingerprint density at radius 3 is 3.00 bits per heavy atom. The van der Waals surface area contributed by atoms with Gasteiger partial charge < -0.3 is 20.1 Å². The van der Waals surface area contributed by atoms with Crippen LogP contribution in [0, 0.1) is 5.92 Å². The van der Waals surface area contributed by atoms with E-state index in [1.54, 1.807) is 17.0 Å². The van der Waals surface area contributed by atoms with Crippen LogP contribution in [0.25, 0.3) is 0 Å². The van der Waals surface area contributed by atoms with Gasteiger partial charge in [-0.15, -0.1) is 0 Å². The highest BCUT2D eigenvalue weighted by molar-refractivity contribution is 5.75. The number of rotatable bonds is 6. The predicted octanol–water partition coefficient (Wildman–Crippen LogP) is 1.75. The summed E-state index contributed by atoms with van der Waals surface area (Å²) in [4.78, 5) is 13.9. The van der Waals surface area contributed by atoms with Crippen molar-refractivity contribution in [3.63, 3.8) is 0 Å². The van der Waals surface area contributed by atoms with Gasteiger partial charge in [-0.25, -0.2) is 0 Å². The van der Waals surface area contributed by atoms with E-state index in [-0.39, 0.29) is 11.7 Å². The van der Waals surface area contributed by atoms with Crippen LogP contribution in [-0.4, -0.2) is 43.2 Å². The molecule has 1 heterocycles. The van der Waals surface area contributed by atoms with Crippen LogP contribution in [0.2, 0.25) is 0 Å². The number of phenols is 1. The third kappa shape index (κ3) is 4.36. The minimum atomic E-state index is 0.115. The zero-order chi connectivity index (χ0) is 15.2. The second-order valence-corrected chi connectivity index (χ2v) is 5.65. The number of benzene rings is 1. The van der Waals surface area contributed by atoms with Crippen LogP contribution < -0.4 is 10.1 Å². The number of ether oxygens (including phenoxy) is 1. The predicted molar refractivity (Wildman–Crippen MR) is 81.3 cm³/mol. The molecule has 1 unspecified atom stereocenters. The van der Waals surface area contributed by atoms with Crippen LogP contribution >= 0.6 is 0 Å². The zero-order valence-corrected chi connectivity index (χ0v) is 12.8. The fraction of sp³-hybridized carbons (Fsp3) is 0.562. The lowest BCUT2D eigenvalue weighted by atomic mass is 10.0. The normalized spacial score (nSPS) is 17.7. The van der Waals surface area contributed by atoms with Gasteiger partial charge in [-0.2, -0.15) is 0 Å². The van der Waals surface area contributed by atoms with Gasteiger partial charge in [0.2, 0.25) is 5.91 Å². The molecule has 1 amide bonds. The average Bonchev–Trinajstić information content (AvgIpc) is 3.00. The second kappa shape index (κ2) is 7.31. The Bertz CT molecular complexity index is 484. The molecule has 1 aliphatic heterocycles. The largest absolute Gasteiger partial charge is 0.504 e. The molecule has 21 heavy (non-hydrogen) atoms. The van der Waals surface area contributed by atoms with Crippen LogP contribution in [0.15, 0.2) is 18.2 Å². The quantitative estimate of drug-likeness (QED) is 0.838. The molecule has 0 bridgehead atoms. The molecule has 5 nitrogen and oxygen atoms in total. The fourth-order valence-corrected chi connectivity index (χ4v) is 2.66. The first-order chi connectivity index (χ1) is 10.1.